The van der Waals surface area contributed by atoms with Crippen LogP contribution >= 0.6 is 0 Å². The molecule has 0 bridgehead atoms. The molecular formula is C16H20FN5O2. The summed E-state index contributed by atoms with van der Waals surface area (Å²) < 4.78 is 14.7. The zero-order chi connectivity index (χ0) is 17.7. The molecular weight excluding hydrogens is 313 g/mol. The van der Waals surface area contributed by atoms with Crippen LogP contribution in [0.1, 0.15) is 11.6 Å². The normalized spacial score (nSPS) is 11.8. The van der Waals surface area contributed by atoms with Crippen LogP contribution < -0.4 is 10.6 Å². The van der Waals surface area contributed by atoms with Gasteiger partial charge in [0.1, 0.15) is 11.9 Å². The average molecular weight is 333 g/mol. The number of amides is 2. The second kappa shape index (κ2) is 7.69. The Morgan fingerprint density at radius 3 is 2.75 bits per heavy atom. The van der Waals surface area contributed by atoms with Gasteiger partial charge in [0.2, 0.25) is 11.8 Å². The maximum Gasteiger partial charge on any atom is 0.244 e. The van der Waals surface area contributed by atoms with Crippen molar-refractivity contribution < 1.29 is 14.0 Å². The van der Waals surface area contributed by atoms with Crippen molar-refractivity contribution in [1.29, 1.82) is 0 Å². The summed E-state index contributed by atoms with van der Waals surface area (Å²) in [5.74, 6) is -1.11. The number of nitrogens with zero attached hydrogens (tertiary/aromatic N) is 3. The van der Waals surface area contributed by atoms with Crippen LogP contribution in [0.3, 0.4) is 0 Å². The highest BCUT2D eigenvalue weighted by atomic mass is 19.1. The molecule has 0 fully saturated rings. The van der Waals surface area contributed by atoms with Crippen molar-refractivity contribution in [3.63, 3.8) is 0 Å². The fourth-order valence-corrected chi connectivity index (χ4v) is 2.30. The first-order chi connectivity index (χ1) is 11.4. The van der Waals surface area contributed by atoms with E-state index in [9.17, 15) is 14.0 Å². The van der Waals surface area contributed by atoms with E-state index in [2.05, 4.69) is 15.7 Å². The van der Waals surface area contributed by atoms with Gasteiger partial charge < -0.3 is 15.5 Å². The highest BCUT2D eigenvalue weighted by Crippen LogP contribution is 2.14. The number of benzene rings is 1. The topological polar surface area (TPSA) is 79.3 Å². The molecule has 0 saturated carbocycles. The lowest BCUT2D eigenvalue weighted by Gasteiger charge is -2.22. The predicted octanol–water partition coefficient (Wildman–Crippen LogP) is 0.917. The van der Waals surface area contributed by atoms with E-state index in [0.717, 1.165) is 0 Å². The molecule has 1 atom stereocenters. The third-order valence-corrected chi connectivity index (χ3v) is 3.46. The highest BCUT2D eigenvalue weighted by Gasteiger charge is 2.24. The van der Waals surface area contributed by atoms with Gasteiger partial charge in [-0.2, -0.15) is 5.10 Å². The number of nitrogens with one attached hydrogen (secondary N) is 2. The Hall–Kier alpha value is -2.74. The zero-order valence-corrected chi connectivity index (χ0v) is 13.8. The second-order valence-electron chi connectivity index (χ2n) is 5.42. The van der Waals surface area contributed by atoms with Crippen LogP contribution in [0.4, 0.5) is 10.1 Å². The Morgan fingerprint density at radius 1 is 1.42 bits per heavy atom. The van der Waals surface area contributed by atoms with Crippen molar-refractivity contribution in [2.45, 2.75) is 6.04 Å². The van der Waals surface area contributed by atoms with Gasteiger partial charge in [-0.05, 0) is 25.2 Å². The summed E-state index contributed by atoms with van der Waals surface area (Å²) in [5, 5.41) is 9.52. The molecule has 2 N–H and O–H groups in total. The van der Waals surface area contributed by atoms with Gasteiger partial charge in [0, 0.05) is 31.5 Å². The van der Waals surface area contributed by atoms with E-state index in [4.69, 9.17) is 0 Å². The number of carbonyl (C=O) groups excluding carboxylic acids is 2. The molecule has 0 aliphatic carbocycles. The van der Waals surface area contributed by atoms with E-state index < -0.39 is 17.8 Å². The van der Waals surface area contributed by atoms with E-state index in [1.807, 2.05) is 0 Å². The largest absolute Gasteiger partial charge is 0.335 e. The molecule has 128 valence electrons. The van der Waals surface area contributed by atoms with Crippen LogP contribution in [0, 0.1) is 5.82 Å². The molecule has 0 aliphatic rings. The Morgan fingerprint density at radius 2 is 2.17 bits per heavy atom. The van der Waals surface area contributed by atoms with Crippen molar-refractivity contribution in [2.24, 2.45) is 7.05 Å². The molecule has 0 radical (unpaired) electrons. The first-order valence-corrected chi connectivity index (χ1v) is 7.37. The van der Waals surface area contributed by atoms with E-state index >= 15 is 0 Å². The Bertz CT molecular complexity index is 731. The molecule has 1 heterocycles. The van der Waals surface area contributed by atoms with Crippen LogP contribution in [-0.2, 0) is 16.6 Å². The SMILES string of the molecule is CNC(C(=O)N(C)CC(=O)Nc1cccc(F)c1)c1cnn(C)c1. The fourth-order valence-electron chi connectivity index (χ4n) is 2.30. The fraction of sp³-hybridized carbons (Fsp3) is 0.312. The Balaban J connectivity index is 1.98. The molecule has 7 nitrogen and oxygen atoms in total. The highest BCUT2D eigenvalue weighted by molar-refractivity contribution is 5.95. The minimum Gasteiger partial charge on any atom is -0.335 e. The Kier molecular flexibility index (Phi) is 5.64. The number of carbonyl (C=O) groups is 2. The molecule has 0 aliphatic heterocycles. The molecule has 0 spiro atoms. The van der Waals surface area contributed by atoms with Crippen molar-refractivity contribution in [3.8, 4) is 0 Å². The van der Waals surface area contributed by atoms with Gasteiger partial charge in [0.25, 0.3) is 0 Å². The standard InChI is InChI=1S/C16H20FN5O2/c1-18-15(11-8-19-22(3)9-11)16(24)21(2)10-14(23)20-13-6-4-5-12(17)7-13/h4-9,15,18H,10H2,1-3H3,(H,20,23). The minimum atomic E-state index is -0.592. The van der Waals surface area contributed by atoms with Gasteiger partial charge in [-0.25, -0.2) is 4.39 Å². The average Bonchev–Trinajstić information content (AvgIpc) is 2.94. The smallest absolute Gasteiger partial charge is 0.244 e. The summed E-state index contributed by atoms with van der Waals surface area (Å²) in [6.07, 6.45) is 3.33. The van der Waals surface area contributed by atoms with Crippen molar-refractivity contribution in [2.75, 3.05) is 26.0 Å². The number of anilines is 1. The summed E-state index contributed by atoms with van der Waals surface area (Å²) in [4.78, 5) is 25.8. The summed E-state index contributed by atoms with van der Waals surface area (Å²) in [6, 6.07) is 4.99. The number of aromatic nitrogens is 2. The molecule has 1 unspecified atom stereocenters. The monoisotopic (exact) mass is 333 g/mol. The minimum absolute atomic E-state index is 0.145. The molecule has 0 saturated heterocycles. The van der Waals surface area contributed by atoms with Crippen LogP contribution in [0.15, 0.2) is 36.7 Å². The van der Waals surface area contributed by atoms with E-state index in [1.165, 1.54) is 30.1 Å². The first-order valence-electron chi connectivity index (χ1n) is 7.37. The molecule has 1 aromatic carbocycles. The molecule has 8 heteroatoms. The first kappa shape index (κ1) is 17.6. The number of likely N-dealkylation sites (N-methyl/N-ethyl adjacent to an activating group) is 2. The molecule has 1 aromatic heterocycles. The number of halogens is 1. The maximum atomic E-state index is 13.1. The number of hydrogen-bond acceptors (Lipinski definition) is 4. The third kappa shape index (κ3) is 4.39. The van der Waals surface area contributed by atoms with Crippen molar-refractivity contribution >= 4 is 17.5 Å². The zero-order valence-electron chi connectivity index (χ0n) is 13.8. The lowest BCUT2D eigenvalue weighted by Crippen LogP contribution is -2.41. The Labute approximate surface area is 139 Å². The number of aryl methyl sites for hydroxylation is 1. The van der Waals surface area contributed by atoms with Gasteiger partial charge in [-0.1, -0.05) is 6.07 Å². The van der Waals surface area contributed by atoms with E-state index in [-0.39, 0.29) is 12.5 Å². The van der Waals surface area contributed by atoms with Crippen molar-refractivity contribution in [3.05, 3.63) is 48.0 Å². The van der Waals surface area contributed by atoms with Gasteiger partial charge >= 0.3 is 0 Å². The molecule has 2 rings (SSSR count). The van der Waals surface area contributed by atoms with Gasteiger partial charge in [-0.3, -0.25) is 14.3 Å². The van der Waals surface area contributed by atoms with Crippen LogP contribution in [0.2, 0.25) is 0 Å². The summed E-state index contributed by atoms with van der Waals surface area (Å²) >= 11 is 0. The van der Waals surface area contributed by atoms with Gasteiger partial charge in [0.15, 0.2) is 0 Å². The number of rotatable bonds is 6. The third-order valence-electron chi connectivity index (χ3n) is 3.46. The quantitative estimate of drug-likeness (QED) is 0.824. The summed E-state index contributed by atoms with van der Waals surface area (Å²) in [7, 11) is 4.96. The van der Waals surface area contributed by atoms with Crippen molar-refractivity contribution in [1.82, 2.24) is 20.0 Å². The number of hydrogen-bond donors (Lipinski definition) is 2. The second-order valence-corrected chi connectivity index (χ2v) is 5.42. The van der Waals surface area contributed by atoms with Gasteiger partial charge in [-0.15, -0.1) is 0 Å². The van der Waals surface area contributed by atoms with Crippen LogP contribution in [0.5, 0.6) is 0 Å². The molecule has 2 aromatic rings. The summed E-state index contributed by atoms with van der Waals surface area (Å²) in [6.45, 7) is -0.145. The predicted molar refractivity (Wildman–Crippen MR) is 87.7 cm³/mol. The van der Waals surface area contributed by atoms with Gasteiger partial charge in [0.05, 0.1) is 12.7 Å². The summed E-state index contributed by atoms with van der Waals surface area (Å²) in [5.41, 5.74) is 1.06. The lowest BCUT2D eigenvalue weighted by atomic mass is 10.1. The maximum absolute atomic E-state index is 13.1. The van der Waals surface area contributed by atoms with Crippen LogP contribution in [-0.4, -0.2) is 47.1 Å². The van der Waals surface area contributed by atoms with Crippen LogP contribution in [0.25, 0.3) is 0 Å². The molecule has 2 amide bonds. The lowest BCUT2D eigenvalue weighted by molar-refractivity contribution is -0.135. The van der Waals surface area contributed by atoms with E-state index in [1.54, 1.807) is 37.2 Å². The molecule has 24 heavy (non-hydrogen) atoms. The van der Waals surface area contributed by atoms with E-state index in [0.29, 0.717) is 11.3 Å².